The van der Waals surface area contributed by atoms with E-state index < -0.39 is 26.8 Å². The van der Waals surface area contributed by atoms with E-state index in [0.717, 1.165) is 0 Å². The molecule has 1 rings (SSSR count). The fourth-order valence-electron chi connectivity index (χ4n) is 1.46. The number of carbonyl (C=O) groups excluding carboxylic acids is 1. The predicted molar refractivity (Wildman–Crippen MR) is 77.5 cm³/mol. The summed E-state index contributed by atoms with van der Waals surface area (Å²) in [6, 6.07) is 1.55. The molecule has 0 aliphatic heterocycles. The molecule has 118 valence electrons. The van der Waals surface area contributed by atoms with Crippen molar-refractivity contribution in [3.63, 3.8) is 0 Å². The van der Waals surface area contributed by atoms with E-state index in [1.54, 1.807) is 33.8 Å². The Hall–Kier alpha value is -1.70. The van der Waals surface area contributed by atoms with Crippen LogP contribution in [0.2, 0.25) is 0 Å². The number of alkyl carbamates (subject to hydrolysis) is 1. The number of nitrogens with zero attached hydrogens (tertiary/aromatic N) is 2. The normalized spacial score (nSPS) is 13.5. The number of amides is 1. The molecular formula is C13H21N3O4S. The van der Waals surface area contributed by atoms with Gasteiger partial charge >= 0.3 is 6.09 Å². The zero-order chi connectivity index (χ0) is 16.1. The predicted octanol–water partition coefficient (Wildman–Crippen LogP) is 1.55. The van der Waals surface area contributed by atoms with Crippen molar-refractivity contribution in [2.24, 2.45) is 0 Å². The van der Waals surface area contributed by atoms with Crippen LogP contribution in [0.4, 0.5) is 4.79 Å². The second-order valence-corrected chi connectivity index (χ2v) is 7.86. The van der Waals surface area contributed by atoms with Crippen LogP contribution < -0.4 is 5.32 Å². The summed E-state index contributed by atoms with van der Waals surface area (Å²) in [7, 11) is -3.59. The summed E-state index contributed by atoms with van der Waals surface area (Å²) in [4.78, 5) is 19.0. The van der Waals surface area contributed by atoms with E-state index in [4.69, 9.17) is 4.74 Å². The number of carbonyl (C=O) groups is 1. The molecule has 1 atom stereocenters. The van der Waals surface area contributed by atoms with Crippen molar-refractivity contribution in [2.75, 3.05) is 6.54 Å². The second kappa shape index (κ2) is 6.84. The zero-order valence-electron chi connectivity index (χ0n) is 12.7. The topological polar surface area (TPSA) is 98.2 Å². The molecule has 21 heavy (non-hydrogen) atoms. The average molecular weight is 315 g/mol. The Kier molecular flexibility index (Phi) is 5.65. The highest BCUT2D eigenvalue weighted by atomic mass is 32.2. The maximum Gasteiger partial charge on any atom is 0.407 e. The van der Waals surface area contributed by atoms with Crippen molar-refractivity contribution in [3.05, 3.63) is 18.5 Å². The van der Waals surface area contributed by atoms with E-state index in [9.17, 15) is 13.2 Å². The highest BCUT2D eigenvalue weighted by Crippen LogP contribution is 2.13. The summed E-state index contributed by atoms with van der Waals surface area (Å²) in [5.41, 5.74) is -0.584. The minimum absolute atomic E-state index is 0.197. The quantitative estimate of drug-likeness (QED) is 0.828. The number of sulfone groups is 1. The summed E-state index contributed by atoms with van der Waals surface area (Å²) >= 11 is 0. The molecule has 0 aliphatic rings. The van der Waals surface area contributed by atoms with Crippen molar-refractivity contribution in [1.29, 1.82) is 0 Å². The molecule has 1 N–H and O–H groups in total. The average Bonchev–Trinajstić information content (AvgIpc) is 2.37. The Balaban J connectivity index is 2.51. The second-order valence-electron chi connectivity index (χ2n) is 5.60. The van der Waals surface area contributed by atoms with Crippen molar-refractivity contribution in [3.8, 4) is 0 Å². The molecule has 1 amide bonds. The van der Waals surface area contributed by atoms with Crippen LogP contribution >= 0.6 is 0 Å². The lowest BCUT2D eigenvalue weighted by Crippen LogP contribution is -2.34. The number of rotatable bonds is 5. The Labute approximate surface area is 125 Å². The first-order chi connectivity index (χ1) is 9.63. The SMILES string of the molecule is CC(CCNC(=O)OC(C)(C)C)S(=O)(=O)c1ncccn1. The third-order valence-corrected chi connectivity index (χ3v) is 4.56. The lowest BCUT2D eigenvalue weighted by atomic mass is 10.2. The van der Waals surface area contributed by atoms with Gasteiger partial charge in [-0.3, -0.25) is 0 Å². The highest BCUT2D eigenvalue weighted by molar-refractivity contribution is 7.91. The minimum atomic E-state index is -3.59. The van der Waals surface area contributed by atoms with Crippen LogP contribution in [-0.4, -0.2) is 41.9 Å². The largest absolute Gasteiger partial charge is 0.444 e. The molecule has 8 heteroatoms. The van der Waals surface area contributed by atoms with Crippen LogP contribution in [0.15, 0.2) is 23.6 Å². The molecule has 0 fully saturated rings. The Morgan fingerprint density at radius 3 is 2.43 bits per heavy atom. The maximum atomic E-state index is 12.2. The molecule has 0 saturated carbocycles. The molecule has 1 heterocycles. The molecular weight excluding hydrogens is 294 g/mol. The number of aromatic nitrogens is 2. The third-order valence-electron chi connectivity index (χ3n) is 2.55. The number of hydrogen-bond acceptors (Lipinski definition) is 6. The van der Waals surface area contributed by atoms with Gasteiger partial charge in [0.15, 0.2) is 0 Å². The van der Waals surface area contributed by atoms with Crippen LogP contribution in [0, 0.1) is 0 Å². The Morgan fingerprint density at radius 1 is 1.33 bits per heavy atom. The molecule has 0 radical (unpaired) electrons. The molecule has 1 aromatic rings. The van der Waals surface area contributed by atoms with Crippen LogP contribution in [0.1, 0.15) is 34.1 Å². The van der Waals surface area contributed by atoms with Gasteiger partial charge in [0.25, 0.3) is 0 Å². The molecule has 0 bridgehead atoms. The van der Waals surface area contributed by atoms with Crippen molar-refractivity contribution in [2.45, 2.75) is 50.1 Å². The standard InChI is InChI=1S/C13H21N3O4S/c1-10(6-9-16-12(17)20-13(2,3)4)21(18,19)11-14-7-5-8-15-11/h5,7-8,10H,6,9H2,1-4H3,(H,16,17). The summed E-state index contributed by atoms with van der Waals surface area (Å²) in [6.07, 6.45) is 2.44. The van der Waals surface area contributed by atoms with E-state index in [0.29, 0.717) is 0 Å². The van der Waals surface area contributed by atoms with Gasteiger partial charge in [-0.25, -0.2) is 23.2 Å². The van der Waals surface area contributed by atoms with E-state index in [1.165, 1.54) is 12.4 Å². The summed E-state index contributed by atoms with van der Waals surface area (Å²) < 4.78 is 29.4. The number of nitrogens with one attached hydrogen (secondary N) is 1. The minimum Gasteiger partial charge on any atom is -0.444 e. The van der Waals surface area contributed by atoms with Gasteiger partial charge in [0.1, 0.15) is 5.60 Å². The Morgan fingerprint density at radius 2 is 1.90 bits per heavy atom. The van der Waals surface area contributed by atoms with E-state index in [-0.39, 0.29) is 18.1 Å². The molecule has 1 aromatic heterocycles. The van der Waals surface area contributed by atoms with E-state index in [1.807, 2.05) is 0 Å². The fourth-order valence-corrected chi connectivity index (χ4v) is 2.66. The number of hydrogen-bond donors (Lipinski definition) is 1. The summed E-state index contributed by atoms with van der Waals surface area (Å²) in [5.74, 6) is 0. The molecule has 1 unspecified atom stereocenters. The van der Waals surface area contributed by atoms with Gasteiger partial charge in [-0.1, -0.05) is 0 Å². The molecule has 0 aromatic carbocycles. The summed E-state index contributed by atoms with van der Waals surface area (Å²) in [5, 5.41) is 1.63. The smallest absolute Gasteiger partial charge is 0.407 e. The molecule has 0 spiro atoms. The van der Waals surface area contributed by atoms with Gasteiger partial charge < -0.3 is 10.1 Å². The van der Waals surface area contributed by atoms with Gasteiger partial charge in [0, 0.05) is 18.9 Å². The van der Waals surface area contributed by atoms with Crippen LogP contribution in [0.5, 0.6) is 0 Å². The fraction of sp³-hybridized carbons (Fsp3) is 0.615. The van der Waals surface area contributed by atoms with E-state index in [2.05, 4.69) is 15.3 Å². The monoisotopic (exact) mass is 315 g/mol. The van der Waals surface area contributed by atoms with Crippen LogP contribution in [0.3, 0.4) is 0 Å². The third kappa shape index (κ3) is 5.66. The lowest BCUT2D eigenvalue weighted by Gasteiger charge is -2.20. The first-order valence-electron chi connectivity index (χ1n) is 6.60. The van der Waals surface area contributed by atoms with E-state index >= 15 is 0 Å². The molecule has 7 nitrogen and oxygen atoms in total. The first-order valence-corrected chi connectivity index (χ1v) is 8.15. The van der Waals surface area contributed by atoms with Gasteiger partial charge in [0.2, 0.25) is 15.0 Å². The lowest BCUT2D eigenvalue weighted by molar-refractivity contribution is 0.0527. The van der Waals surface area contributed by atoms with Gasteiger partial charge in [-0.15, -0.1) is 0 Å². The molecule has 0 saturated heterocycles. The van der Waals surface area contributed by atoms with Crippen LogP contribution in [-0.2, 0) is 14.6 Å². The maximum absolute atomic E-state index is 12.2. The highest BCUT2D eigenvalue weighted by Gasteiger charge is 2.26. The van der Waals surface area contributed by atoms with Gasteiger partial charge in [-0.2, -0.15) is 0 Å². The van der Waals surface area contributed by atoms with Crippen molar-refractivity contribution >= 4 is 15.9 Å². The summed E-state index contributed by atoms with van der Waals surface area (Å²) in [6.45, 7) is 7.02. The first kappa shape index (κ1) is 17.4. The molecule has 0 aliphatic carbocycles. The van der Waals surface area contributed by atoms with Gasteiger partial charge in [-0.05, 0) is 40.2 Å². The van der Waals surface area contributed by atoms with Crippen molar-refractivity contribution < 1.29 is 17.9 Å². The van der Waals surface area contributed by atoms with Crippen LogP contribution in [0.25, 0.3) is 0 Å². The van der Waals surface area contributed by atoms with Crippen molar-refractivity contribution in [1.82, 2.24) is 15.3 Å². The Bertz CT molecular complexity index is 567. The number of ether oxygens (including phenoxy) is 1. The zero-order valence-corrected chi connectivity index (χ0v) is 13.5. The van der Waals surface area contributed by atoms with Gasteiger partial charge in [0.05, 0.1) is 5.25 Å².